The maximum atomic E-state index is 11.2. The van der Waals surface area contributed by atoms with E-state index in [1.165, 1.54) is 0 Å². The van der Waals surface area contributed by atoms with Gasteiger partial charge >= 0.3 is 5.97 Å². The highest BCUT2D eigenvalue weighted by Gasteiger charge is 2.19. The Morgan fingerprint density at radius 2 is 2.14 bits per heavy atom. The smallest absolute Gasteiger partial charge is 0.342 e. The van der Waals surface area contributed by atoms with Crippen molar-refractivity contribution in [1.82, 2.24) is 10.2 Å². The molecular weight excluding hydrogens is 208 g/mol. The van der Waals surface area contributed by atoms with Crippen molar-refractivity contribution in [1.29, 1.82) is 0 Å². The van der Waals surface area contributed by atoms with E-state index in [4.69, 9.17) is 4.55 Å². The van der Waals surface area contributed by atoms with Gasteiger partial charge in [0.25, 0.3) is 11.3 Å². The van der Waals surface area contributed by atoms with Crippen molar-refractivity contribution in [3.8, 4) is 0 Å². The van der Waals surface area contributed by atoms with Crippen LogP contribution < -0.4 is 10.2 Å². The second-order valence-corrected chi connectivity index (χ2v) is 3.89. The molecule has 2 atom stereocenters. The van der Waals surface area contributed by atoms with Gasteiger partial charge in [0.15, 0.2) is 0 Å². The fraction of sp³-hybridized carbons (Fsp3) is 0.857. The SMILES string of the molecule is CN[C@@H](CC(C)C)C(=O)ONS(=O)O. The van der Waals surface area contributed by atoms with E-state index in [1.807, 2.05) is 13.8 Å². The standard InChI is InChI=1S/C7H16N2O4S/c1-5(2)4-6(8-3)7(10)13-9-14(11)12/h5-6,8-9H,4H2,1-3H3,(H,11,12)/t6-/m0/s1. The van der Waals surface area contributed by atoms with Crippen LogP contribution in [0.2, 0.25) is 0 Å². The highest BCUT2D eigenvalue weighted by molar-refractivity contribution is 7.76. The van der Waals surface area contributed by atoms with E-state index < -0.39 is 23.3 Å². The summed E-state index contributed by atoms with van der Waals surface area (Å²) in [6.07, 6.45) is 0.606. The van der Waals surface area contributed by atoms with E-state index in [0.29, 0.717) is 12.3 Å². The van der Waals surface area contributed by atoms with Gasteiger partial charge in [0.05, 0.1) is 0 Å². The second-order valence-electron chi connectivity index (χ2n) is 3.22. The van der Waals surface area contributed by atoms with Crippen LogP contribution in [0.1, 0.15) is 20.3 Å². The van der Waals surface area contributed by atoms with Crippen molar-refractivity contribution < 1.29 is 18.4 Å². The van der Waals surface area contributed by atoms with Crippen LogP contribution in [0.5, 0.6) is 0 Å². The molecule has 0 radical (unpaired) electrons. The van der Waals surface area contributed by atoms with E-state index in [9.17, 15) is 9.00 Å². The Bertz CT molecular complexity index is 210. The van der Waals surface area contributed by atoms with E-state index in [1.54, 1.807) is 11.9 Å². The molecule has 0 saturated heterocycles. The fourth-order valence-corrected chi connectivity index (χ4v) is 1.10. The summed E-state index contributed by atoms with van der Waals surface area (Å²) in [6.45, 7) is 3.94. The van der Waals surface area contributed by atoms with Gasteiger partial charge in [-0.1, -0.05) is 13.8 Å². The third-order valence-corrected chi connectivity index (χ3v) is 1.78. The molecule has 0 bridgehead atoms. The van der Waals surface area contributed by atoms with Gasteiger partial charge in [-0.15, -0.1) is 0 Å². The van der Waals surface area contributed by atoms with Crippen LogP contribution in [0.4, 0.5) is 0 Å². The van der Waals surface area contributed by atoms with Crippen molar-refractivity contribution in [2.75, 3.05) is 7.05 Å². The molecule has 0 aliphatic carbocycles. The first-order valence-electron chi connectivity index (χ1n) is 4.21. The van der Waals surface area contributed by atoms with Gasteiger partial charge in [-0.2, -0.15) is 0 Å². The van der Waals surface area contributed by atoms with Crippen molar-refractivity contribution in [2.24, 2.45) is 5.92 Å². The minimum Gasteiger partial charge on any atom is -0.354 e. The number of hydrogen-bond acceptors (Lipinski definition) is 4. The van der Waals surface area contributed by atoms with Crippen LogP contribution in [0.15, 0.2) is 0 Å². The zero-order valence-corrected chi connectivity index (χ0v) is 9.26. The van der Waals surface area contributed by atoms with Gasteiger partial charge in [-0.25, -0.2) is 9.00 Å². The van der Waals surface area contributed by atoms with Crippen molar-refractivity contribution >= 4 is 17.2 Å². The molecule has 84 valence electrons. The lowest BCUT2D eigenvalue weighted by molar-refractivity contribution is -0.150. The van der Waals surface area contributed by atoms with Crippen molar-refractivity contribution in [3.63, 3.8) is 0 Å². The summed E-state index contributed by atoms with van der Waals surface area (Å²) in [5.74, 6) is -0.261. The van der Waals surface area contributed by atoms with E-state index in [0.717, 1.165) is 0 Å². The molecule has 6 nitrogen and oxygen atoms in total. The van der Waals surface area contributed by atoms with E-state index >= 15 is 0 Å². The van der Waals surface area contributed by atoms with Crippen molar-refractivity contribution in [2.45, 2.75) is 26.3 Å². The third-order valence-electron chi connectivity index (χ3n) is 1.55. The van der Waals surface area contributed by atoms with Gasteiger partial charge in [0.1, 0.15) is 6.04 Å². The normalized spacial score (nSPS) is 15.2. The molecule has 0 aromatic carbocycles. The molecule has 3 N–H and O–H groups in total. The lowest BCUT2D eigenvalue weighted by atomic mass is 10.0. The molecule has 0 amide bonds. The molecule has 0 rings (SSSR count). The lowest BCUT2D eigenvalue weighted by Crippen LogP contribution is -2.39. The van der Waals surface area contributed by atoms with Gasteiger partial charge in [-0.05, 0) is 24.3 Å². The summed E-state index contributed by atoms with van der Waals surface area (Å²) in [5, 5.41) is 2.76. The minimum atomic E-state index is -2.34. The highest BCUT2D eigenvalue weighted by Crippen LogP contribution is 2.05. The molecule has 0 aromatic rings. The lowest BCUT2D eigenvalue weighted by Gasteiger charge is -2.15. The maximum absolute atomic E-state index is 11.2. The summed E-state index contributed by atoms with van der Waals surface area (Å²) in [4.78, 5) is 17.2. The average Bonchev–Trinajstić information content (AvgIpc) is 2.09. The fourth-order valence-electron chi connectivity index (χ4n) is 0.951. The second kappa shape index (κ2) is 6.88. The summed E-state index contributed by atoms with van der Waals surface area (Å²) >= 11 is -2.34. The molecule has 7 heteroatoms. The molecule has 0 spiro atoms. The maximum Gasteiger partial charge on any atom is 0.342 e. The van der Waals surface area contributed by atoms with Gasteiger partial charge < -0.3 is 10.2 Å². The number of carbonyl (C=O) groups excluding carboxylic acids is 1. The average molecular weight is 224 g/mol. The van der Waals surface area contributed by atoms with Gasteiger partial charge in [-0.3, -0.25) is 4.55 Å². The highest BCUT2D eigenvalue weighted by atomic mass is 32.2. The summed E-state index contributed by atoms with van der Waals surface area (Å²) < 4.78 is 18.4. The Kier molecular flexibility index (Phi) is 6.64. The van der Waals surface area contributed by atoms with E-state index in [2.05, 4.69) is 10.2 Å². The Balaban J connectivity index is 3.97. The quantitative estimate of drug-likeness (QED) is 0.430. The predicted octanol–water partition coefficient (Wildman–Crippen LogP) is -0.195. The molecule has 0 aliphatic heterocycles. The number of carbonyl (C=O) groups is 1. The zero-order valence-electron chi connectivity index (χ0n) is 8.44. The van der Waals surface area contributed by atoms with Crippen LogP contribution in [-0.2, 0) is 20.9 Å². The summed E-state index contributed by atoms with van der Waals surface area (Å²) in [6, 6.07) is -0.467. The first-order valence-corrected chi connectivity index (χ1v) is 5.32. The minimum absolute atomic E-state index is 0.333. The Hall–Kier alpha value is -0.500. The number of likely N-dealkylation sites (N-methyl/N-ethyl adjacent to an activating group) is 1. The van der Waals surface area contributed by atoms with Gasteiger partial charge in [0.2, 0.25) is 0 Å². The van der Waals surface area contributed by atoms with Crippen molar-refractivity contribution in [3.05, 3.63) is 0 Å². The summed E-state index contributed by atoms with van der Waals surface area (Å²) in [7, 11) is 1.63. The molecule has 0 aromatic heterocycles. The van der Waals surface area contributed by atoms with Crippen LogP contribution in [0, 0.1) is 5.92 Å². The summed E-state index contributed by atoms with van der Waals surface area (Å²) in [5.41, 5.74) is 0. The number of hydrogen-bond donors (Lipinski definition) is 3. The Morgan fingerprint density at radius 3 is 2.50 bits per heavy atom. The van der Waals surface area contributed by atoms with Crippen LogP contribution >= 0.6 is 0 Å². The topological polar surface area (TPSA) is 87.7 Å². The Labute approximate surface area is 85.8 Å². The first-order chi connectivity index (χ1) is 6.47. The molecule has 1 unspecified atom stereocenters. The molecule has 0 fully saturated rings. The van der Waals surface area contributed by atoms with Crippen LogP contribution in [-0.4, -0.2) is 27.8 Å². The largest absolute Gasteiger partial charge is 0.354 e. The molecular formula is C7H16N2O4S. The number of nitrogens with one attached hydrogen (secondary N) is 2. The van der Waals surface area contributed by atoms with E-state index in [-0.39, 0.29) is 0 Å². The zero-order chi connectivity index (χ0) is 11.1. The van der Waals surface area contributed by atoms with Gasteiger partial charge in [0, 0.05) is 0 Å². The Morgan fingerprint density at radius 1 is 1.57 bits per heavy atom. The molecule has 0 heterocycles. The van der Waals surface area contributed by atoms with Crippen LogP contribution in [0.3, 0.4) is 0 Å². The monoisotopic (exact) mass is 224 g/mol. The molecule has 0 saturated carbocycles. The number of rotatable bonds is 6. The first kappa shape index (κ1) is 13.5. The third kappa shape index (κ3) is 6.03. The molecule has 14 heavy (non-hydrogen) atoms. The van der Waals surface area contributed by atoms with Crippen LogP contribution in [0.25, 0.3) is 0 Å². The molecule has 0 aliphatic rings. The predicted molar refractivity (Wildman–Crippen MR) is 52.3 cm³/mol.